The molecule has 0 radical (unpaired) electrons. The molecule has 4 heteroatoms. The van der Waals surface area contributed by atoms with Crippen LogP contribution in [-0.4, -0.2) is 10.9 Å². The lowest BCUT2D eigenvalue weighted by atomic mass is 9.92. The largest absolute Gasteiger partial charge is 0.350 e. The Morgan fingerprint density at radius 1 is 1.30 bits per heavy atom. The number of rotatable bonds is 4. The molecule has 1 amide bonds. The van der Waals surface area contributed by atoms with Gasteiger partial charge in [-0.2, -0.15) is 0 Å². The van der Waals surface area contributed by atoms with Gasteiger partial charge in [-0.25, -0.2) is 0 Å². The molecule has 104 valence electrons. The Bertz CT molecular complexity index is 594. The summed E-state index contributed by atoms with van der Waals surface area (Å²) in [5.41, 5.74) is 8.00. The number of aromatic nitrogens is 1. The summed E-state index contributed by atoms with van der Waals surface area (Å²) < 4.78 is 0. The van der Waals surface area contributed by atoms with Crippen molar-refractivity contribution in [1.82, 2.24) is 10.3 Å². The number of benzene rings is 1. The first-order valence-corrected chi connectivity index (χ1v) is 6.54. The molecule has 0 aliphatic carbocycles. The maximum Gasteiger partial charge on any atom is 0.244 e. The molecule has 20 heavy (non-hydrogen) atoms. The van der Waals surface area contributed by atoms with Crippen LogP contribution in [0.1, 0.15) is 23.6 Å². The van der Waals surface area contributed by atoms with E-state index in [2.05, 4.69) is 10.3 Å². The zero-order chi connectivity index (χ0) is 14.6. The second-order valence-electron chi connectivity index (χ2n) is 5.05. The van der Waals surface area contributed by atoms with E-state index in [1.54, 1.807) is 19.3 Å². The van der Waals surface area contributed by atoms with E-state index in [-0.39, 0.29) is 5.91 Å². The van der Waals surface area contributed by atoms with Gasteiger partial charge in [-0.15, -0.1) is 0 Å². The summed E-state index contributed by atoms with van der Waals surface area (Å²) in [5, 5.41) is 2.89. The topological polar surface area (TPSA) is 68.0 Å². The van der Waals surface area contributed by atoms with Crippen LogP contribution in [0, 0.1) is 6.92 Å². The van der Waals surface area contributed by atoms with Crippen LogP contribution in [0.15, 0.2) is 48.8 Å². The number of nitrogens with one attached hydrogen (secondary N) is 1. The molecular formula is C16H19N3O. The molecular weight excluding hydrogens is 250 g/mol. The van der Waals surface area contributed by atoms with Crippen LogP contribution < -0.4 is 11.1 Å². The summed E-state index contributed by atoms with van der Waals surface area (Å²) in [7, 11) is 0. The Kier molecular flexibility index (Phi) is 4.15. The van der Waals surface area contributed by atoms with E-state index in [4.69, 9.17) is 5.73 Å². The van der Waals surface area contributed by atoms with E-state index < -0.39 is 5.54 Å². The Hall–Kier alpha value is -2.20. The van der Waals surface area contributed by atoms with Crippen LogP contribution in [0.4, 0.5) is 0 Å². The quantitative estimate of drug-likeness (QED) is 0.890. The standard InChI is InChI=1S/C16H19N3O/c1-12-10-18-9-8-13(12)11-19-15(20)16(2,17)14-6-4-3-5-7-14/h3-10H,11,17H2,1-2H3,(H,19,20). The summed E-state index contributed by atoms with van der Waals surface area (Å²) in [5.74, 6) is -0.195. The van der Waals surface area contributed by atoms with Crippen molar-refractivity contribution in [2.24, 2.45) is 5.73 Å². The average molecular weight is 269 g/mol. The predicted octanol–water partition coefficient (Wildman–Crippen LogP) is 1.88. The van der Waals surface area contributed by atoms with Gasteiger partial charge in [0.25, 0.3) is 0 Å². The van der Waals surface area contributed by atoms with Gasteiger partial charge in [0.2, 0.25) is 5.91 Å². The second kappa shape index (κ2) is 5.84. The number of amides is 1. The fraction of sp³-hybridized carbons (Fsp3) is 0.250. The summed E-state index contributed by atoms with van der Waals surface area (Å²) in [6.45, 7) is 4.14. The Morgan fingerprint density at radius 2 is 2.00 bits per heavy atom. The number of carbonyl (C=O) groups is 1. The Morgan fingerprint density at radius 3 is 2.65 bits per heavy atom. The van der Waals surface area contributed by atoms with Gasteiger partial charge in [-0.3, -0.25) is 9.78 Å². The zero-order valence-electron chi connectivity index (χ0n) is 11.8. The van der Waals surface area contributed by atoms with Gasteiger partial charge in [-0.05, 0) is 36.6 Å². The predicted molar refractivity (Wildman–Crippen MR) is 78.8 cm³/mol. The van der Waals surface area contributed by atoms with Crippen molar-refractivity contribution in [2.75, 3.05) is 0 Å². The van der Waals surface area contributed by atoms with Crippen LogP contribution in [0.2, 0.25) is 0 Å². The van der Waals surface area contributed by atoms with Gasteiger partial charge >= 0.3 is 0 Å². The lowest BCUT2D eigenvalue weighted by Gasteiger charge is -2.24. The van der Waals surface area contributed by atoms with E-state index in [9.17, 15) is 4.79 Å². The van der Waals surface area contributed by atoms with E-state index in [0.717, 1.165) is 16.7 Å². The third-order valence-electron chi connectivity index (χ3n) is 3.42. The highest BCUT2D eigenvalue weighted by atomic mass is 16.2. The molecule has 1 heterocycles. The Balaban J connectivity index is 2.07. The Labute approximate surface area is 119 Å². The first-order valence-electron chi connectivity index (χ1n) is 6.54. The number of aryl methyl sites for hydroxylation is 1. The molecule has 0 aliphatic rings. The first-order chi connectivity index (χ1) is 9.51. The van der Waals surface area contributed by atoms with Crippen molar-refractivity contribution in [1.29, 1.82) is 0 Å². The minimum atomic E-state index is -1.04. The van der Waals surface area contributed by atoms with Crippen molar-refractivity contribution in [2.45, 2.75) is 25.9 Å². The van der Waals surface area contributed by atoms with E-state index >= 15 is 0 Å². The molecule has 0 fully saturated rings. The molecule has 0 saturated carbocycles. The van der Waals surface area contributed by atoms with Gasteiger partial charge in [-0.1, -0.05) is 30.3 Å². The number of nitrogens with two attached hydrogens (primary N) is 1. The van der Waals surface area contributed by atoms with Crippen LogP contribution >= 0.6 is 0 Å². The van der Waals surface area contributed by atoms with Gasteiger partial charge in [0.15, 0.2) is 0 Å². The highest BCUT2D eigenvalue weighted by molar-refractivity contribution is 5.86. The van der Waals surface area contributed by atoms with Crippen LogP contribution in [0.3, 0.4) is 0 Å². The number of pyridine rings is 1. The second-order valence-corrected chi connectivity index (χ2v) is 5.05. The minimum Gasteiger partial charge on any atom is -0.350 e. The summed E-state index contributed by atoms with van der Waals surface area (Å²) in [4.78, 5) is 16.3. The molecule has 1 aromatic carbocycles. The van der Waals surface area contributed by atoms with Crippen molar-refractivity contribution < 1.29 is 4.79 Å². The third-order valence-corrected chi connectivity index (χ3v) is 3.42. The number of nitrogens with zero attached hydrogens (tertiary/aromatic N) is 1. The molecule has 3 N–H and O–H groups in total. The SMILES string of the molecule is Cc1cnccc1CNC(=O)C(C)(N)c1ccccc1. The highest BCUT2D eigenvalue weighted by Crippen LogP contribution is 2.17. The smallest absolute Gasteiger partial charge is 0.244 e. The monoisotopic (exact) mass is 269 g/mol. The summed E-state index contributed by atoms with van der Waals surface area (Å²) >= 11 is 0. The van der Waals surface area contributed by atoms with Crippen molar-refractivity contribution >= 4 is 5.91 Å². The maximum atomic E-state index is 12.3. The molecule has 2 aromatic rings. The fourth-order valence-electron chi connectivity index (χ4n) is 1.98. The minimum absolute atomic E-state index is 0.195. The van der Waals surface area contributed by atoms with Crippen molar-refractivity contribution in [3.05, 3.63) is 65.5 Å². The van der Waals surface area contributed by atoms with Gasteiger partial charge in [0, 0.05) is 18.9 Å². The molecule has 1 atom stereocenters. The summed E-state index contributed by atoms with van der Waals surface area (Å²) in [6, 6.07) is 11.3. The molecule has 2 rings (SSSR count). The molecule has 0 bridgehead atoms. The van der Waals surface area contributed by atoms with E-state index in [0.29, 0.717) is 6.54 Å². The van der Waals surface area contributed by atoms with Gasteiger partial charge < -0.3 is 11.1 Å². The highest BCUT2D eigenvalue weighted by Gasteiger charge is 2.29. The fourth-order valence-corrected chi connectivity index (χ4v) is 1.98. The van der Waals surface area contributed by atoms with Crippen LogP contribution in [0.5, 0.6) is 0 Å². The number of hydrogen-bond donors (Lipinski definition) is 2. The number of hydrogen-bond acceptors (Lipinski definition) is 3. The molecule has 1 unspecified atom stereocenters. The lowest BCUT2D eigenvalue weighted by Crippen LogP contribution is -2.48. The molecule has 0 aliphatic heterocycles. The number of carbonyl (C=O) groups excluding carboxylic acids is 1. The van der Waals surface area contributed by atoms with Gasteiger partial charge in [0.05, 0.1) is 0 Å². The lowest BCUT2D eigenvalue weighted by molar-refractivity contribution is -0.126. The average Bonchev–Trinajstić information content (AvgIpc) is 2.47. The summed E-state index contributed by atoms with van der Waals surface area (Å²) in [6.07, 6.45) is 3.49. The van der Waals surface area contributed by atoms with Crippen molar-refractivity contribution in [3.63, 3.8) is 0 Å². The maximum absolute atomic E-state index is 12.3. The molecule has 0 spiro atoms. The van der Waals surface area contributed by atoms with Gasteiger partial charge in [0.1, 0.15) is 5.54 Å². The third kappa shape index (κ3) is 3.03. The normalized spacial score (nSPS) is 13.6. The zero-order valence-corrected chi connectivity index (χ0v) is 11.8. The van der Waals surface area contributed by atoms with Crippen LogP contribution in [-0.2, 0) is 16.9 Å². The molecule has 0 saturated heterocycles. The molecule has 1 aromatic heterocycles. The van der Waals surface area contributed by atoms with Crippen LogP contribution in [0.25, 0.3) is 0 Å². The first kappa shape index (κ1) is 14.2. The van der Waals surface area contributed by atoms with E-state index in [1.165, 1.54) is 0 Å². The van der Waals surface area contributed by atoms with E-state index in [1.807, 2.05) is 43.3 Å². The molecule has 4 nitrogen and oxygen atoms in total. The van der Waals surface area contributed by atoms with Crippen molar-refractivity contribution in [3.8, 4) is 0 Å².